The minimum atomic E-state index is -1.42. The molecule has 1 saturated heterocycles. The third kappa shape index (κ3) is 2.11. The molecule has 2 fully saturated rings. The van der Waals surface area contributed by atoms with Gasteiger partial charge in [-0.2, -0.15) is 0 Å². The molecule has 0 radical (unpaired) electrons. The Morgan fingerprint density at radius 1 is 1.22 bits per heavy atom. The van der Waals surface area contributed by atoms with Crippen molar-refractivity contribution in [2.75, 3.05) is 34.5 Å². The summed E-state index contributed by atoms with van der Waals surface area (Å²) in [6.07, 6.45) is 1.62. The van der Waals surface area contributed by atoms with E-state index in [-0.39, 0.29) is 5.78 Å². The Morgan fingerprint density at radius 2 is 1.83 bits per heavy atom. The number of rotatable bonds is 4. The molecular weight excluding hydrogens is 304 g/mol. The van der Waals surface area contributed by atoms with Crippen LogP contribution < -0.4 is 0 Å². The first-order chi connectivity index (χ1) is 10.9. The van der Waals surface area contributed by atoms with Gasteiger partial charge in [-0.3, -0.25) is 9.59 Å². The number of ether oxygens (including phenoxy) is 5. The molecule has 4 rings (SSSR count). The summed E-state index contributed by atoms with van der Waals surface area (Å²) in [5, 5.41) is 0. The van der Waals surface area contributed by atoms with Gasteiger partial charge in [0.2, 0.25) is 11.6 Å². The van der Waals surface area contributed by atoms with Crippen molar-refractivity contribution >= 4 is 11.8 Å². The first kappa shape index (κ1) is 16.6. The van der Waals surface area contributed by atoms with Gasteiger partial charge in [-0.15, -0.1) is 0 Å². The maximum absolute atomic E-state index is 13.0. The molecule has 0 N–H and O–H groups in total. The van der Waals surface area contributed by atoms with Crippen molar-refractivity contribution in [2.45, 2.75) is 25.4 Å². The summed E-state index contributed by atoms with van der Waals surface area (Å²) in [6, 6.07) is 0. The SMILES string of the molecule is COC(=O)[C@@]1(C)C[C@H]2C(C3OCCO3)=C[C@H]1C(=O)C2(OC)OC. The molecule has 0 amide bonds. The lowest BCUT2D eigenvalue weighted by atomic mass is 9.54. The topological polar surface area (TPSA) is 80.3 Å². The van der Waals surface area contributed by atoms with Gasteiger partial charge in [0.25, 0.3) is 0 Å². The molecule has 3 atom stereocenters. The number of Topliss-reactive ketones (excluding diaryl/α,β-unsaturated/α-hetero) is 1. The average molecular weight is 326 g/mol. The standard InChI is InChI=1S/C16H22O7/c1-15(14(18)19-2)8-11-9(13-22-5-6-23-13)7-10(15)12(17)16(11,20-3)21-4/h7,10-11,13H,5-6,8H2,1-4H3/t10-,11-,15-/m0/s1. The fraction of sp³-hybridized carbons (Fsp3) is 0.750. The predicted octanol–water partition coefficient (Wildman–Crippen LogP) is 0.673. The summed E-state index contributed by atoms with van der Waals surface area (Å²) >= 11 is 0. The molecule has 7 heteroatoms. The molecule has 2 bridgehead atoms. The van der Waals surface area contributed by atoms with Gasteiger partial charge in [0.15, 0.2) is 6.29 Å². The minimum Gasteiger partial charge on any atom is -0.469 e. The number of allylic oxidation sites excluding steroid dienone is 1. The summed E-state index contributed by atoms with van der Waals surface area (Å²) in [7, 11) is 4.20. The first-order valence-electron chi connectivity index (χ1n) is 7.62. The number of esters is 1. The fourth-order valence-electron chi connectivity index (χ4n) is 4.07. The molecule has 7 nitrogen and oxygen atoms in total. The zero-order valence-corrected chi connectivity index (χ0v) is 13.8. The molecule has 0 aromatic rings. The van der Waals surface area contributed by atoms with Gasteiger partial charge < -0.3 is 23.7 Å². The molecule has 23 heavy (non-hydrogen) atoms. The van der Waals surface area contributed by atoms with Gasteiger partial charge in [-0.1, -0.05) is 6.08 Å². The van der Waals surface area contributed by atoms with Gasteiger partial charge >= 0.3 is 5.97 Å². The van der Waals surface area contributed by atoms with Gasteiger partial charge in [-0.25, -0.2) is 0 Å². The number of carbonyl (C=O) groups is 2. The monoisotopic (exact) mass is 326 g/mol. The number of hydrogen-bond acceptors (Lipinski definition) is 7. The number of methoxy groups -OCH3 is 3. The second-order valence-corrected chi connectivity index (χ2v) is 6.32. The van der Waals surface area contributed by atoms with Crippen LogP contribution in [0.2, 0.25) is 0 Å². The fourth-order valence-corrected chi connectivity index (χ4v) is 4.07. The van der Waals surface area contributed by atoms with E-state index >= 15 is 0 Å². The van der Waals surface area contributed by atoms with E-state index in [4.69, 9.17) is 23.7 Å². The van der Waals surface area contributed by atoms with Crippen LogP contribution >= 0.6 is 0 Å². The molecular formula is C16H22O7. The van der Waals surface area contributed by atoms with E-state index in [9.17, 15) is 9.59 Å². The van der Waals surface area contributed by atoms with E-state index in [0.29, 0.717) is 19.6 Å². The molecule has 1 saturated carbocycles. The van der Waals surface area contributed by atoms with Gasteiger partial charge in [0, 0.05) is 20.1 Å². The van der Waals surface area contributed by atoms with Gasteiger partial charge in [0.05, 0.1) is 31.7 Å². The van der Waals surface area contributed by atoms with Crippen molar-refractivity contribution in [2.24, 2.45) is 17.3 Å². The van der Waals surface area contributed by atoms with Crippen LogP contribution in [0.5, 0.6) is 0 Å². The van der Waals surface area contributed by atoms with Crippen molar-refractivity contribution in [1.29, 1.82) is 0 Å². The van der Waals surface area contributed by atoms with Crippen molar-refractivity contribution in [3.8, 4) is 0 Å². The number of hydrogen-bond donors (Lipinski definition) is 0. The highest BCUT2D eigenvalue weighted by atomic mass is 16.7. The van der Waals surface area contributed by atoms with E-state index in [0.717, 1.165) is 5.57 Å². The predicted molar refractivity (Wildman–Crippen MR) is 77.3 cm³/mol. The van der Waals surface area contributed by atoms with E-state index in [1.165, 1.54) is 21.3 Å². The molecule has 1 heterocycles. The molecule has 128 valence electrons. The normalized spacial score (nSPS) is 36.2. The van der Waals surface area contributed by atoms with Crippen LogP contribution in [0.3, 0.4) is 0 Å². The van der Waals surface area contributed by atoms with E-state index in [1.54, 1.807) is 13.0 Å². The van der Waals surface area contributed by atoms with Crippen LogP contribution in [-0.2, 0) is 33.3 Å². The van der Waals surface area contributed by atoms with Crippen LogP contribution in [-0.4, -0.2) is 58.4 Å². The molecule has 1 aliphatic heterocycles. The van der Waals surface area contributed by atoms with E-state index in [1.807, 2.05) is 0 Å². The van der Waals surface area contributed by atoms with E-state index < -0.39 is 35.3 Å². The zero-order chi connectivity index (χ0) is 16.8. The smallest absolute Gasteiger partial charge is 0.312 e. The number of carbonyl (C=O) groups excluding carboxylic acids is 2. The second-order valence-electron chi connectivity index (χ2n) is 6.32. The third-order valence-electron chi connectivity index (χ3n) is 5.31. The quantitative estimate of drug-likeness (QED) is 0.427. The van der Waals surface area contributed by atoms with Crippen LogP contribution in [0.4, 0.5) is 0 Å². The van der Waals surface area contributed by atoms with Crippen LogP contribution in [0.15, 0.2) is 11.6 Å². The number of fused-ring (bicyclic) bond motifs is 2. The maximum atomic E-state index is 13.0. The summed E-state index contributed by atoms with van der Waals surface area (Å²) in [5.74, 6) is -3.28. The van der Waals surface area contributed by atoms with Gasteiger partial charge in [0.1, 0.15) is 0 Å². The molecule has 3 aliphatic carbocycles. The Kier molecular flexibility index (Phi) is 4.08. The highest BCUT2D eigenvalue weighted by molar-refractivity contribution is 5.98. The molecule has 0 aromatic heterocycles. The average Bonchev–Trinajstić information content (AvgIpc) is 3.09. The van der Waals surface area contributed by atoms with Crippen molar-refractivity contribution < 1.29 is 33.3 Å². The van der Waals surface area contributed by atoms with Crippen LogP contribution in [0.25, 0.3) is 0 Å². The highest BCUT2D eigenvalue weighted by Crippen LogP contribution is 2.56. The second kappa shape index (κ2) is 5.66. The van der Waals surface area contributed by atoms with Crippen molar-refractivity contribution in [3.05, 3.63) is 11.6 Å². The van der Waals surface area contributed by atoms with Gasteiger partial charge in [-0.05, 0) is 18.9 Å². The summed E-state index contributed by atoms with van der Waals surface area (Å²) in [6.45, 7) is 2.73. The summed E-state index contributed by atoms with van der Waals surface area (Å²) < 4.78 is 27.1. The molecule has 0 aromatic carbocycles. The lowest BCUT2D eigenvalue weighted by Gasteiger charge is -2.54. The molecule has 0 spiro atoms. The Morgan fingerprint density at radius 3 is 2.35 bits per heavy atom. The first-order valence-corrected chi connectivity index (χ1v) is 7.62. The number of ketones is 1. The Balaban J connectivity index is 2.08. The van der Waals surface area contributed by atoms with Crippen molar-refractivity contribution in [3.63, 3.8) is 0 Å². The molecule has 4 aliphatic rings. The Labute approximate surface area is 134 Å². The third-order valence-corrected chi connectivity index (χ3v) is 5.31. The Bertz CT molecular complexity index is 545. The largest absolute Gasteiger partial charge is 0.469 e. The van der Waals surface area contributed by atoms with Crippen LogP contribution in [0.1, 0.15) is 13.3 Å². The Hall–Kier alpha value is -1.28. The van der Waals surface area contributed by atoms with Crippen molar-refractivity contribution in [1.82, 2.24) is 0 Å². The zero-order valence-electron chi connectivity index (χ0n) is 13.8. The lowest BCUT2D eigenvalue weighted by molar-refractivity contribution is -0.252. The minimum absolute atomic E-state index is 0.270. The van der Waals surface area contributed by atoms with Crippen LogP contribution in [0, 0.1) is 17.3 Å². The summed E-state index contributed by atoms with van der Waals surface area (Å²) in [5.41, 5.74) is -0.142. The lowest BCUT2D eigenvalue weighted by Crippen LogP contribution is -2.65. The maximum Gasteiger partial charge on any atom is 0.312 e. The molecule has 0 unspecified atom stereocenters. The highest BCUT2D eigenvalue weighted by Gasteiger charge is 2.67. The summed E-state index contributed by atoms with van der Waals surface area (Å²) in [4.78, 5) is 25.3. The van der Waals surface area contributed by atoms with E-state index in [2.05, 4.69) is 0 Å².